The third-order valence-corrected chi connectivity index (χ3v) is 3.46. The van der Waals surface area contributed by atoms with E-state index in [1.165, 1.54) is 0 Å². The van der Waals surface area contributed by atoms with Crippen molar-refractivity contribution in [3.05, 3.63) is 11.1 Å². The summed E-state index contributed by atoms with van der Waals surface area (Å²) in [5.74, 6) is -2.55. The minimum atomic E-state index is -0.817. The Labute approximate surface area is 142 Å². The Morgan fingerprint density at radius 1 is 1.00 bits per heavy atom. The molecule has 2 aliphatic heterocycles. The van der Waals surface area contributed by atoms with Gasteiger partial charge in [0.05, 0.1) is 0 Å². The summed E-state index contributed by atoms with van der Waals surface area (Å²) in [6, 6.07) is 0. The molecule has 0 N–H and O–H groups in total. The molecule has 2 fully saturated rings. The second kappa shape index (κ2) is 9.11. The van der Waals surface area contributed by atoms with Crippen LogP contribution in [-0.4, -0.2) is 73.8 Å². The average molecular weight is 348 g/mol. The quantitative estimate of drug-likeness (QED) is 0.271. The van der Waals surface area contributed by atoms with Crippen LogP contribution in [0.5, 0.6) is 0 Å². The molecule has 0 aromatic heterocycles. The van der Waals surface area contributed by atoms with Gasteiger partial charge in [0.2, 0.25) is 17.6 Å². The number of amides is 4. The SMILES string of the molecule is CC(=O)C(=[N+]=[N-])C(=O)N1CCCC1=O.[N-]=[N+]=CC(=O)N1CCCC1=O. The van der Waals surface area contributed by atoms with Gasteiger partial charge in [-0.15, -0.1) is 0 Å². The maximum absolute atomic E-state index is 11.4. The summed E-state index contributed by atoms with van der Waals surface area (Å²) in [4.78, 5) is 62.2. The average Bonchev–Trinajstić information content (AvgIpc) is 3.16. The monoisotopic (exact) mass is 348 g/mol. The van der Waals surface area contributed by atoms with Crippen molar-refractivity contribution in [3.63, 3.8) is 0 Å². The Kier molecular flexibility index (Phi) is 7.20. The van der Waals surface area contributed by atoms with Crippen molar-refractivity contribution in [1.29, 1.82) is 0 Å². The van der Waals surface area contributed by atoms with E-state index in [9.17, 15) is 24.0 Å². The molecule has 0 aromatic carbocycles. The Morgan fingerprint density at radius 2 is 1.52 bits per heavy atom. The molecule has 0 aliphatic carbocycles. The number of carbonyl (C=O) groups is 5. The lowest BCUT2D eigenvalue weighted by atomic mass is 10.2. The minimum absolute atomic E-state index is 0.199. The van der Waals surface area contributed by atoms with Crippen molar-refractivity contribution >= 4 is 41.3 Å². The molecular formula is C14H16N6O5. The van der Waals surface area contributed by atoms with E-state index in [0.29, 0.717) is 32.2 Å². The molecule has 25 heavy (non-hydrogen) atoms. The van der Waals surface area contributed by atoms with Crippen LogP contribution >= 0.6 is 0 Å². The zero-order valence-electron chi connectivity index (χ0n) is 13.5. The summed E-state index contributed by atoms with van der Waals surface area (Å²) in [6.07, 6.45) is 2.71. The molecule has 0 radical (unpaired) electrons. The Balaban J connectivity index is 0.000000257. The van der Waals surface area contributed by atoms with E-state index in [4.69, 9.17) is 11.1 Å². The Bertz CT molecular complexity index is 717. The van der Waals surface area contributed by atoms with Crippen molar-refractivity contribution in [2.24, 2.45) is 0 Å². The summed E-state index contributed by atoms with van der Waals surface area (Å²) >= 11 is 0. The lowest BCUT2D eigenvalue weighted by molar-refractivity contribution is -0.141. The van der Waals surface area contributed by atoms with E-state index >= 15 is 0 Å². The summed E-state index contributed by atoms with van der Waals surface area (Å²) < 4.78 is 0. The normalized spacial score (nSPS) is 15.7. The highest BCUT2D eigenvalue weighted by Gasteiger charge is 2.36. The predicted octanol–water partition coefficient (Wildman–Crippen LogP) is -1.17. The minimum Gasteiger partial charge on any atom is -0.361 e. The zero-order valence-corrected chi connectivity index (χ0v) is 13.5. The van der Waals surface area contributed by atoms with Gasteiger partial charge in [0, 0.05) is 32.9 Å². The molecule has 2 aliphatic rings. The summed E-state index contributed by atoms with van der Waals surface area (Å²) in [7, 11) is 0. The van der Waals surface area contributed by atoms with Crippen molar-refractivity contribution in [2.45, 2.75) is 32.6 Å². The molecule has 0 unspecified atom stereocenters. The number of imide groups is 2. The first kappa shape index (κ1) is 19.8. The molecular weight excluding hydrogens is 332 g/mol. The van der Waals surface area contributed by atoms with Crippen molar-refractivity contribution in [2.75, 3.05) is 13.1 Å². The molecule has 0 spiro atoms. The van der Waals surface area contributed by atoms with Gasteiger partial charge < -0.3 is 11.1 Å². The molecule has 11 heteroatoms. The third-order valence-electron chi connectivity index (χ3n) is 3.46. The summed E-state index contributed by atoms with van der Waals surface area (Å²) in [5.41, 5.74) is 15.8. The summed E-state index contributed by atoms with van der Waals surface area (Å²) in [5, 5.41) is 0. The fourth-order valence-electron chi connectivity index (χ4n) is 2.25. The maximum Gasteiger partial charge on any atom is 0.421 e. The molecule has 132 valence electrons. The molecule has 0 aromatic rings. The molecule has 0 bridgehead atoms. The number of carbonyl (C=O) groups excluding carboxylic acids is 5. The fraction of sp³-hybridized carbons (Fsp3) is 0.500. The fourth-order valence-corrected chi connectivity index (χ4v) is 2.25. The van der Waals surface area contributed by atoms with E-state index < -0.39 is 23.3 Å². The standard InChI is InChI=1S/C8H9N3O3.C6H7N3O2/c1-5(12)7(10-9)8(14)11-4-2-3-6(11)13;7-8-4-6(11)9-3-1-2-5(9)10/h2-4H2,1H3;4H,1-3H2. The van der Waals surface area contributed by atoms with E-state index in [-0.39, 0.29) is 18.4 Å². The highest BCUT2D eigenvalue weighted by molar-refractivity contribution is 6.64. The Morgan fingerprint density at radius 3 is 1.88 bits per heavy atom. The van der Waals surface area contributed by atoms with Crippen LogP contribution in [-0.2, 0) is 24.0 Å². The van der Waals surface area contributed by atoms with Crippen LogP contribution in [0.3, 0.4) is 0 Å². The number of hydrogen-bond donors (Lipinski definition) is 0. The topological polar surface area (TPSA) is 165 Å². The molecule has 11 nitrogen and oxygen atoms in total. The van der Waals surface area contributed by atoms with Gasteiger partial charge in [-0.05, 0) is 12.8 Å². The molecule has 0 atom stereocenters. The molecule has 2 rings (SSSR count). The number of ketones is 1. The van der Waals surface area contributed by atoms with E-state index in [0.717, 1.165) is 22.9 Å². The van der Waals surface area contributed by atoms with Crippen molar-refractivity contribution in [3.8, 4) is 0 Å². The number of hydrogen-bond acceptors (Lipinski definition) is 5. The number of likely N-dealkylation sites (tertiary alicyclic amines) is 2. The van der Waals surface area contributed by atoms with Gasteiger partial charge in [-0.1, -0.05) is 0 Å². The maximum atomic E-state index is 11.4. The van der Waals surface area contributed by atoms with Crippen LogP contribution < -0.4 is 0 Å². The van der Waals surface area contributed by atoms with Gasteiger partial charge in [-0.25, -0.2) is 0 Å². The number of rotatable bonds is 3. The van der Waals surface area contributed by atoms with Gasteiger partial charge in [0.1, 0.15) is 0 Å². The van der Waals surface area contributed by atoms with Gasteiger partial charge in [0.25, 0.3) is 0 Å². The van der Waals surface area contributed by atoms with Gasteiger partial charge in [-0.2, -0.15) is 9.58 Å². The van der Waals surface area contributed by atoms with Crippen LogP contribution in [0.1, 0.15) is 32.6 Å². The molecule has 2 heterocycles. The lowest BCUT2D eigenvalue weighted by Gasteiger charge is -2.08. The second-order valence-electron chi connectivity index (χ2n) is 5.19. The first-order valence-corrected chi connectivity index (χ1v) is 7.43. The second-order valence-corrected chi connectivity index (χ2v) is 5.19. The summed E-state index contributed by atoms with van der Waals surface area (Å²) in [6.45, 7) is 1.82. The van der Waals surface area contributed by atoms with E-state index in [1.807, 2.05) is 0 Å². The van der Waals surface area contributed by atoms with Crippen molar-refractivity contribution in [1.82, 2.24) is 9.80 Å². The van der Waals surface area contributed by atoms with Crippen LogP contribution in [0.25, 0.3) is 11.1 Å². The highest BCUT2D eigenvalue weighted by Crippen LogP contribution is 2.10. The molecule has 2 saturated heterocycles. The molecule has 4 amide bonds. The first-order chi connectivity index (χ1) is 11.8. The smallest absolute Gasteiger partial charge is 0.361 e. The van der Waals surface area contributed by atoms with Crippen LogP contribution in [0.15, 0.2) is 0 Å². The first-order valence-electron chi connectivity index (χ1n) is 7.43. The van der Waals surface area contributed by atoms with Gasteiger partial charge in [0.15, 0.2) is 0 Å². The predicted molar refractivity (Wildman–Crippen MR) is 80.9 cm³/mol. The lowest BCUT2D eigenvalue weighted by Crippen LogP contribution is -2.40. The van der Waals surface area contributed by atoms with E-state index in [2.05, 4.69) is 9.58 Å². The highest BCUT2D eigenvalue weighted by atomic mass is 16.2. The van der Waals surface area contributed by atoms with Crippen LogP contribution in [0.4, 0.5) is 0 Å². The largest absolute Gasteiger partial charge is 0.421 e. The zero-order chi connectivity index (χ0) is 19.0. The number of nitrogens with zero attached hydrogens (tertiary/aromatic N) is 6. The third kappa shape index (κ3) is 5.10. The van der Waals surface area contributed by atoms with Crippen LogP contribution in [0, 0.1) is 0 Å². The number of Topliss-reactive ketones (excluding diaryl/α,β-unsaturated/α-hetero) is 1. The van der Waals surface area contributed by atoms with Crippen LogP contribution in [0.2, 0.25) is 0 Å². The van der Waals surface area contributed by atoms with Crippen molar-refractivity contribution < 1.29 is 33.6 Å². The molecule has 0 saturated carbocycles. The van der Waals surface area contributed by atoms with Gasteiger partial charge >= 0.3 is 23.7 Å². The van der Waals surface area contributed by atoms with Gasteiger partial charge in [-0.3, -0.25) is 33.8 Å². The Hall–Kier alpha value is -3.29. The van der Waals surface area contributed by atoms with E-state index in [1.54, 1.807) is 0 Å².